The molecule has 6 nitrogen and oxygen atoms in total. The number of anilines is 2. The molecule has 0 N–H and O–H groups in total. The van der Waals surface area contributed by atoms with E-state index in [4.69, 9.17) is 9.47 Å². The third-order valence-electron chi connectivity index (χ3n) is 9.57. The lowest BCUT2D eigenvalue weighted by Gasteiger charge is -2.20. The Morgan fingerprint density at radius 2 is 0.710 bits per heavy atom. The lowest BCUT2D eigenvalue weighted by Crippen LogP contribution is -2.21. The first-order chi connectivity index (χ1) is 29.6. The zero-order valence-corrected chi connectivity index (χ0v) is 33.3. The Hall–Kier alpha value is -6.94. The zero-order chi connectivity index (χ0) is 45.4. The second-order valence-corrected chi connectivity index (χ2v) is 13.1. The maximum absolute atomic E-state index is 14.5. The minimum Gasteiger partial charge on any atom is -0.457 e. The van der Waals surface area contributed by atoms with Crippen molar-refractivity contribution in [1.82, 2.24) is 0 Å². The van der Waals surface area contributed by atoms with Crippen molar-refractivity contribution in [1.29, 1.82) is 0 Å². The maximum atomic E-state index is 14.5. The average molecular weight is 869 g/mol. The Labute approximate surface area is 349 Å². The Morgan fingerprint density at radius 3 is 0.984 bits per heavy atom. The first-order valence-electron chi connectivity index (χ1n) is 18.8. The number of rotatable bonds is 12. The van der Waals surface area contributed by atoms with Crippen LogP contribution in [0.4, 0.5) is 55.3 Å². The zero-order valence-electron chi connectivity index (χ0n) is 33.3. The molecule has 322 valence electrons. The van der Waals surface area contributed by atoms with Crippen molar-refractivity contribution in [2.24, 2.45) is 0 Å². The minimum absolute atomic E-state index is 0.363. The molecule has 5 aromatic rings. The molecule has 0 unspecified atom stereocenters. The Bertz CT molecular complexity index is 2400. The standard InChI is InChI=1S/C46H34F10N2O4/c1-5-57(6-2)29-17-11-25(12-18-29)9-15-27-21-32(46(60)62-24-34-37(49)41(53)44(56)42(54)38(34)50)28(16-10-26-13-19-30(20-14-26)58(7-3)8-4)22-31(27)45(59)61-23-33-35(47)39(51)43(55)40(52)36(33)48/h11-14,17-22H,5-8,23-24H2,1-4H3. The predicted molar refractivity (Wildman–Crippen MR) is 209 cm³/mol. The van der Waals surface area contributed by atoms with Gasteiger partial charge in [0, 0.05) is 59.8 Å². The van der Waals surface area contributed by atoms with Crippen molar-refractivity contribution in [3.63, 3.8) is 0 Å². The number of carbonyl (C=O) groups excluding carboxylic acids is 2. The van der Waals surface area contributed by atoms with Gasteiger partial charge in [-0.15, -0.1) is 0 Å². The van der Waals surface area contributed by atoms with Crippen molar-refractivity contribution in [2.45, 2.75) is 40.9 Å². The van der Waals surface area contributed by atoms with E-state index in [1.165, 1.54) is 0 Å². The number of hydrogen-bond acceptors (Lipinski definition) is 6. The SMILES string of the molecule is CCN(CC)c1ccc(C#Cc2cc(C(=O)OCc3c(F)c(F)c(F)c(F)c3F)c(C#Cc3ccc(N(CC)CC)cc3)cc2C(=O)OCc2c(F)c(F)c(F)c(F)c2F)cc1. The number of nitrogens with zero attached hydrogens (tertiary/aromatic N) is 2. The molecule has 0 saturated carbocycles. The number of ether oxygens (including phenoxy) is 2. The first kappa shape index (κ1) is 46.1. The molecule has 5 rings (SSSR count). The summed E-state index contributed by atoms with van der Waals surface area (Å²) in [5.74, 6) is -15.0. The van der Waals surface area contributed by atoms with Crippen molar-refractivity contribution in [3.8, 4) is 23.7 Å². The second kappa shape index (κ2) is 20.1. The van der Waals surface area contributed by atoms with Crippen LogP contribution in [0.2, 0.25) is 0 Å². The highest BCUT2D eigenvalue weighted by Crippen LogP contribution is 2.27. The maximum Gasteiger partial charge on any atom is 0.339 e. The summed E-state index contributed by atoms with van der Waals surface area (Å²) in [7, 11) is 0. The minimum atomic E-state index is -2.44. The molecule has 0 aliphatic heterocycles. The predicted octanol–water partition coefficient (Wildman–Crippen LogP) is 10.3. The summed E-state index contributed by atoms with van der Waals surface area (Å²) in [6.45, 7) is 7.65. The van der Waals surface area contributed by atoms with Gasteiger partial charge in [0.1, 0.15) is 13.2 Å². The van der Waals surface area contributed by atoms with Crippen LogP contribution in [-0.4, -0.2) is 38.1 Å². The highest BCUT2D eigenvalue weighted by atomic mass is 19.2. The smallest absolute Gasteiger partial charge is 0.339 e. The molecule has 62 heavy (non-hydrogen) atoms. The van der Waals surface area contributed by atoms with E-state index in [9.17, 15) is 53.5 Å². The van der Waals surface area contributed by atoms with Gasteiger partial charge in [-0.25, -0.2) is 53.5 Å². The van der Waals surface area contributed by atoms with Gasteiger partial charge in [-0.2, -0.15) is 0 Å². The summed E-state index contributed by atoms with van der Waals surface area (Å²) in [4.78, 5) is 31.4. The summed E-state index contributed by atoms with van der Waals surface area (Å²) in [5.41, 5.74) is -2.32. The molecule has 0 fully saturated rings. The molecule has 0 radical (unpaired) electrons. The molecule has 0 saturated heterocycles. The van der Waals surface area contributed by atoms with Crippen molar-refractivity contribution in [2.75, 3.05) is 36.0 Å². The molecule has 16 heteroatoms. The molecule has 0 spiro atoms. The van der Waals surface area contributed by atoms with E-state index < -0.39 is 106 Å². The molecule has 0 aliphatic carbocycles. The van der Waals surface area contributed by atoms with E-state index in [1.807, 2.05) is 37.5 Å². The first-order valence-corrected chi connectivity index (χ1v) is 18.8. The molecular formula is C46H34F10N2O4. The van der Waals surface area contributed by atoms with E-state index in [1.54, 1.807) is 48.5 Å². The van der Waals surface area contributed by atoms with Gasteiger partial charge in [-0.05, 0) is 88.4 Å². The summed E-state index contributed by atoms with van der Waals surface area (Å²) in [6, 6.07) is 15.4. The lowest BCUT2D eigenvalue weighted by atomic mass is 9.97. The van der Waals surface area contributed by atoms with Crippen molar-refractivity contribution in [3.05, 3.63) is 163 Å². The van der Waals surface area contributed by atoms with Gasteiger partial charge in [0.2, 0.25) is 11.6 Å². The second-order valence-electron chi connectivity index (χ2n) is 13.1. The van der Waals surface area contributed by atoms with Gasteiger partial charge in [0.15, 0.2) is 46.5 Å². The summed E-state index contributed by atoms with van der Waals surface area (Å²) >= 11 is 0. The molecule has 0 aromatic heterocycles. The summed E-state index contributed by atoms with van der Waals surface area (Å²) in [6.07, 6.45) is 0. The highest BCUT2D eigenvalue weighted by Gasteiger charge is 2.29. The lowest BCUT2D eigenvalue weighted by molar-refractivity contribution is 0.0447. The van der Waals surface area contributed by atoms with Gasteiger partial charge < -0.3 is 19.3 Å². The molecule has 5 aromatic carbocycles. The average Bonchev–Trinajstić information content (AvgIpc) is 3.28. The van der Waals surface area contributed by atoms with Gasteiger partial charge >= 0.3 is 11.9 Å². The topological polar surface area (TPSA) is 59.1 Å². The van der Waals surface area contributed by atoms with Crippen LogP contribution in [0.5, 0.6) is 0 Å². The summed E-state index contributed by atoms with van der Waals surface area (Å²) < 4.78 is 152. The molecular weight excluding hydrogens is 834 g/mol. The molecule has 0 atom stereocenters. The number of carbonyl (C=O) groups is 2. The molecule has 0 heterocycles. The monoisotopic (exact) mass is 868 g/mol. The van der Waals surface area contributed by atoms with Gasteiger partial charge in [-0.1, -0.05) is 23.7 Å². The van der Waals surface area contributed by atoms with E-state index in [0.717, 1.165) is 23.5 Å². The fourth-order valence-electron chi connectivity index (χ4n) is 6.10. The number of hydrogen-bond donors (Lipinski definition) is 0. The Kier molecular flexibility index (Phi) is 14.9. The van der Waals surface area contributed by atoms with Crippen molar-refractivity contribution >= 4 is 23.3 Å². The van der Waals surface area contributed by atoms with E-state index in [2.05, 4.69) is 23.7 Å². The largest absolute Gasteiger partial charge is 0.457 e. The number of halogens is 10. The van der Waals surface area contributed by atoms with Gasteiger partial charge in [0.05, 0.1) is 22.3 Å². The molecule has 0 aliphatic rings. The quantitative estimate of drug-likeness (QED) is 0.0409. The number of esters is 2. The van der Waals surface area contributed by atoms with Crippen LogP contribution in [0.3, 0.4) is 0 Å². The van der Waals surface area contributed by atoms with Crippen LogP contribution in [0.15, 0.2) is 60.7 Å². The van der Waals surface area contributed by atoms with Crippen LogP contribution in [-0.2, 0) is 22.7 Å². The van der Waals surface area contributed by atoms with Crippen LogP contribution < -0.4 is 9.80 Å². The Balaban J connectivity index is 1.65. The molecule has 0 amide bonds. The van der Waals surface area contributed by atoms with Gasteiger partial charge in [-0.3, -0.25) is 0 Å². The van der Waals surface area contributed by atoms with Crippen LogP contribution >= 0.6 is 0 Å². The van der Waals surface area contributed by atoms with Crippen LogP contribution in [0.25, 0.3) is 0 Å². The third kappa shape index (κ3) is 9.81. The number of benzene rings is 5. The Morgan fingerprint density at radius 1 is 0.435 bits per heavy atom. The van der Waals surface area contributed by atoms with E-state index in [-0.39, 0.29) is 11.1 Å². The van der Waals surface area contributed by atoms with Crippen LogP contribution in [0.1, 0.15) is 81.8 Å². The fraction of sp³-hybridized carbons (Fsp3) is 0.217. The highest BCUT2D eigenvalue weighted by molar-refractivity contribution is 5.98. The molecule has 0 bridgehead atoms. The van der Waals surface area contributed by atoms with E-state index in [0.29, 0.717) is 37.3 Å². The van der Waals surface area contributed by atoms with Gasteiger partial charge in [0.25, 0.3) is 0 Å². The van der Waals surface area contributed by atoms with Crippen molar-refractivity contribution < 1.29 is 63.0 Å². The normalized spacial score (nSPS) is 10.7. The summed E-state index contributed by atoms with van der Waals surface area (Å²) in [5, 5.41) is 0. The fourth-order valence-corrected chi connectivity index (χ4v) is 6.10. The van der Waals surface area contributed by atoms with Crippen LogP contribution in [0, 0.1) is 81.9 Å². The van der Waals surface area contributed by atoms with E-state index >= 15 is 0 Å². The third-order valence-corrected chi connectivity index (χ3v) is 9.57.